The van der Waals surface area contributed by atoms with Gasteiger partial charge in [0.2, 0.25) is 0 Å². The molecular weight excluding hydrogens is 212 g/mol. The van der Waals surface area contributed by atoms with Crippen LogP contribution in [0.2, 0.25) is 0 Å². The summed E-state index contributed by atoms with van der Waals surface area (Å²) in [6, 6.07) is 3.17. The first-order valence-corrected chi connectivity index (χ1v) is 4.23. The van der Waals surface area contributed by atoms with E-state index >= 15 is 0 Å². The molecule has 0 N–H and O–H groups in total. The summed E-state index contributed by atoms with van der Waals surface area (Å²) in [5.74, 6) is -1.33. The summed E-state index contributed by atoms with van der Waals surface area (Å²) in [5, 5.41) is -0.686. The van der Waals surface area contributed by atoms with Crippen molar-refractivity contribution in [2.45, 2.75) is 6.54 Å². The van der Waals surface area contributed by atoms with E-state index in [1.54, 1.807) is 0 Å². The normalized spacial score (nSPS) is 10.0. The van der Waals surface area contributed by atoms with Gasteiger partial charge in [0.15, 0.2) is 0 Å². The maximum absolute atomic E-state index is 13.1. The van der Waals surface area contributed by atoms with Crippen molar-refractivity contribution in [2.75, 3.05) is 7.05 Å². The Bertz CT molecular complexity index is 357. The summed E-state index contributed by atoms with van der Waals surface area (Å²) in [6.45, 7) is 0.0223. The summed E-state index contributed by atoms with van der Waals surface area (Å²) >= 11 is 5.15. The second-order valence-electron chi connectivity index (χ2n) is 2.84. The first-order valence-electron chi connectivity index (χ1n) is 3.85. The van der Waals surface area contributed by atoms with Crippen molar-refractivity contribution in [1.82, 2.24) is 4.90 Å². The molecule has 1 rings (SSSR count). The number of benzene rings is 1. The molecule has 14 heavy (non-hydrogen) atoms. The van der Waals surface area contributed by atoms with Gasteiger partial charge in [-0.1, -0.05) is 6.07 Å². The molecule has 1 aromatic carbocycles. The van der Waals surface area contributed by atoms with Gasteiger partial charge < -0.3 is 4.90 Å². The highest BCUT2D eigenvalue weighted by molar-refractivity contribution is 6.62. The molecule has 0 radical (unpaired) electrons. The Morgan fingerprint density at radius 3 is 2.64 bits per heavy atom. The molecule has 0 saturated carbocycles. The molecule has 76 valence electrons. The number of rotatable bonds is 2. The Morgan fingerprint density at radius 2 is 2.14 bits per heavy atom. The van der Waals surface area contributed by atoms with Gasteiger partial charge in [0.05, 0.1) is 0 Å². The van der Waals surface area contributed by atoms with Crippen LogP contribution in [0.4, 0.5) is 13.6 Å². The Hall–Kier alpha value is -1.16. The molecule has 0 bridgehead atoms. The number of carbonyl (C=O) groups is 1. The molecule has 1 aromatic rings. The third-order valence-corrected chi connectivity index (χ3v) is 2.01. The van der Waals surface area contributed by atoms with Gasteiger partial charge in [-0.2, -0.15) is 0 Å². The van der Waals surface area contributed by atoms with Crippen LogP contribution in [0.5, 0.6) is 0 Å². The van der Waals surface area contributed by atoms with Crippen molar-refractivity contribution in [3.8, 4) is 0 Å². The number of halogens is 3. The predicted octanol–water partition coefficient (Wildman–Crippen LogP) is 2.76. The molecule has 2 nitrogen and oxygen atoms in total. The highest BCUT2D eigenvalue weighted by Crippen LogP contribution is 2.12. The first-order chi connectivity index (χ1) is 6.50. The van der Waals surface area contributed by atoms with Crippen LogP contribution >= 0.6 is 11.6 Å². The lowest BCUT2D eigenvalue weighted by atomic mass is 10.2. The Balaban J connectivity index is 2.82. The molecule has 0 atom stereocenters. The van der Waals surface area contributed by atoms with Crippen LogP contribution in [-0.2, 0) is 6.54 Å². The van der Waals surface area contributed by atoms with Crippen molar-refractivity contribution in [2.24, 2.45) is 0 Å². The fourth-order valence-corrected chi connectivity index (χ4v) is 1.03. The second kappa shape index (κ2) is 4.37. The van der Waals surface area contributed by atoms with Gasteiger partial charge in [-0.25, -0.2) is 8.78 Å². The quantitative estimate of drug-likeness (QED) is 0.553. The molecule has 1 amide bonds. The van der Waals surface area contributed by atoms with Gasteiger partial charge in [-0.15, -0.1) is 0 Å². The topological polar surface area (TPSA) is 20.3 Å². The fourth-order valence-electron chi connectivity index (χ4n) is 0.968. The average Bonchev–Trinajstić information content (AvgIpc) is 2.09. The van der Waals surface area contributed by atoms with Gasteiger partial charge in [0.25, 0.3) is 0 Å². The zero-order valence-corrected chi connectivity index (χ0v) is 8.18. The van der Waals surface area contributed by atoms with Gasteiger partial charge in [-0.3, -0.25) is 4.79 Å². The van der Waals surface area contributed by atoms with Crippen molar-refractivity contribution < 1.29 is 13.6 Å². The highest BCUT2D eigenvalue weighted by atomic mass is 35.5. The van der Waals surface area contributed by atoms with E-state index in [0.29, 0.717) is 0 Å². The number of carbonyl (C=O) groups excluding carboxylic acids is 1. The van der Waals surface area contributed by atoms with Gasteiger partial charge >= 0.3 is 5.37 Å². The van der Waals surface area contributed by atoms with Crippen LogP contribution in [-0.4, -0.2) is 17.3 Å². The van der Waals surface area contributed by atoms with Crippen molar-refractivity contribution in [1.29, 1.82) is 0 Å². The number of hydrogen-bond donors (Lipinski definition) is 0. The average molecular weight is 220 g/mol. The minimum atomic E-state index is -0.686. The van der Waals surface area contributed by atoms with E-state index in [-0.39, 0.29) is 12.1 Å². The monoisotopic (exact) mass is 219 g/mol. The molecule has 5 heteroatoms. The Labute approximate surface area is 85.1 Å². The smallest absolute Gasteiger partial charge is 0.316 e. The summed E-state index contributed by atoms with van der Waals surface area (Å²) in [6.07, 6.45) is 0. The van der Waals surface area contributed by atoms with E-state index in [1.807, 2.05) is 0 Å². The van der Waals surface area contributed by atoms with Crippen LogP contribution in [0.15, 0.2) is 18.2 Å². The first kappa shape index (κ1) is 10.9. The van der Waals surface area contributed by atoms with Gasteiger partial charge in [0, 0.05) is 25.2 Å². The molecule has 0 aliphatic heterocycles. The molecule has 0 spiro atoms. The summed E-state index contributed by atoms with van der Waals surface area (Å²) < 4.78 is 25.6. The second-order valence-corrected chi connectivity index (χ2v) is 3.17. The van der Waals surface area contributed by atoms with Crippen molar-refractivity contribution >= 4 is 17.0 Å². The zero-order chi connectivity index (χ0) is 10.7. The SMILES string of the molecule is CN(Cc1ccc(F)cc1F)C(=O)Cl. The summed E-state index contributed by atoms with van der Waals surface area (Å²) in [5.41, 5.74) is 0.225. The Morgan fingerprint density at radius 1 is 1.50 bits per heavy atom. The molecular formula is C9H8ClF2NO. The minimum absolute atomic E-state index is 0.0223. The van der Waals surface area contributed by atoms with Crippen LogP contribution < -0.4 is 0 Å². The van der Waals surface area contributed by atoms with Gasteiger partial charge in [0.1, 0.15) is 11.6 Å². The lowest BCUT2D eigenvalue weighted by Crippen LogP contribution is -2.20. The maximum atomic E-state index is 13.1. The number of nitrogens with zero attached hydrogens (tertiary/aromatic N) is 1. The minimum Gasteiger partial charge on any atom is -0.328 e. The lowest BCUT2D eigenvalue weighted by molar-refractivity contribution is 0.230. The van der Waals surface area contributed by atoms with E-state index in [1.165, 1.54) is 13.1 Å². The highest BCUT2D eigenvalue weighted by Gasteiger charge is 2.09. The van der Waals surface area contributed by atoms with Gasteiger partial charge in [-0.05, 0) is 17.7 Å². The molecule has 0 aliphatic rings. The molecule has 0 heterocycles. The predicted molar refractivity (Wildman–Crippen MR) is 49.1 cm³/mol. The van der Waals surface area contributed by atoms with Crippen LogP contribution in [0.3, 0.4) is 0 Å². The number of amides is 1. The fraction of sp³-hybridized carbons (Fsp3) is 0.222. The van der Waals surface area contributed by atoms with E-state index in [0.717, 1.165) is 17.0 Å². The third kappa shape index (κ3) is 2.67. The van der Waals surface area contributed by atoms with Crippen molar-refractivity contribution in [3.05, 3.63) is 35.4 Å². The third-order valence-electron chi connectivity index (χ3n) is 1.72. The molecule has 0 aromatic heterocycles. The summed E-state index contributed by atoms with van der Waals surface area (Å²) in [7, 11) is 1.43. The molecule has 0 saturated heterocycles. The van der Waals surface area contributed by atoms with E-state index < -0.39 is 17.0 Å². The van der Waals surface area contributed by atoms with Crippen LogP contribution in [0, 0.1) is 11.6 Å². The van der Waals surface area contributed by atoms with E-state index in [2.05, 4.69) is 0 Å². The largest absolute Gasteiger partial charge is 0.328 e. The maximum Gasteiger partial charge on any atom is 0.316 e. The molecule has 0 unspecified atom stereocenters. The molecule has 0 fully saturated rings. The standard InChI is InChI=1S/C9H8ClF2NO/c1-13(9(10)14)5-6-2-3-7(11)4-8(6)12/h2-4H,5H2,1H3. The van der Waals surface area contributed by atoms with E-state index in [9.17, 15) is 13.6 Å². The lowest BCUT2D eigenvalue weighted by Gasteiger charge is -2.13. The summed E-state index contributed by atoms with van der Waals surface area (Å²) in [4.78, 5) is 11.7. The molecule has 0 aliphatic carbocycles. The van der Waals surface area contributed by atoms with Crippen LogP contribution in [0.25, 0.3) is 0 Å². The Kier molecular flexibility index (Phi) is 3.41. The van der Waals surface area contributed by atoms with E-state index in [4.69, 9.17) is 11.6 Å². The zero-order valence-electron chi connectivity index (χ0n) is 7.43. The van der Waals surface area contributed by atoms with Crippen LogP contribution in [0.1, 0.15) is 5.56 Å². The van der Waals surface area contributed by atoms with Crippen molar-refractivity contribution in [3.63, 3.8) is 0 Å². The number of hydrogen-bond acceptors (Lipinski definition) is 1.